The molecule has 0 bridgehead atoms. The average Bonchev–Trinajstić information content (AvgIpc) is 2.50. The van der Waals surface area contributed by atoms with Crippen LogP contribution in [0, 0.1) is 5.92 Å². The molecule has 0 saturated heterocycles. The Morgan fingerprint density at radius 3 is 2.67 bits per heavy atom. The predicted molar refractivity (Wildman–Crippen MR) is 84.0 cm³/mol. The summed E-state index contributed by atoms with van der Waals surface area (Å²) in [6, 6.07) is 6.59. The summed E-state index contributed by atoms with van der Waals surface area (Å²) in [6.45, 7) is 2.19. The Labute approximate surface area is 126 Å². The summed E-state index contributed by atoms with van der Waals surface area (Å²) in [5, 5.41) is 12.4. The third-order valence-electron chi connectivity index (χ3n) is 4.49. The maximum atomic E-state index is 12.3. The fraction of sp³-hybridized carbons (Fsp3) is 0.588. The topological polar surface area (TPSA) is 75.4 Å². The van der Waals surface area contributed by atoms with Crippen molar-refractivity contribution in [3.63, 3.8) is 0 Å². The lowest BCUT2D eigenvalue weighted by Gasteiger charge is -2.32. The van der Waals surface area contributed by atoms with Crippen LogP contribution in [0.15, 0.2) is 24.3 Å². The van der Waals surface area contributed by atoms with E-state index in [9.17, 15) is 9.90 Å². The number of aromatic hydroxyl groups is 1. The number of nitrogens with two attached hydrogens (primary N) is 1. The molecule has 0 spiro atoms. The van der Waals surface area contributed by atoms with Gasteiger partial charge in [-0.1, -0.05) is 38.3 Å². The van der Waals surface area contributed by atoms with E-state index in [1.54, 1.807) is 24.3 Å². The van der Waals surface area contributed by atoms with E-state index in [1.165, 1.54) is 19.3 Å². The first-order valence-corrected chi connectivity index (χ1v) is 7.94. The molecule has 0 heterocycles. The lowest BCUT2D eigenvalue weighted by Crippen LogP contribution is -2.49. The zero-order valence-corrected chi connectivity index (χ0v) is 12.7. The lowest BCUT2D eigenvalue weighted by atomic mass is 9.82. The molecule has 0 aliphatic heterocycles. The molecular weight excluding hydrogens is 264 g/mol. The summed E-state index contributed by atoms with van der Waals surface area (Å²) in [5.41, 5.74) is 6.98. The van der Waals surface area contributed by atoms with Gasteiger partial charge in [0, 0.05) is 6.04 Å². The summed E-state index contributed by atoms with van der Waals surface area (Å²) in [5.74, 6) is 0.752. The van der Waals surface area contributed by atoms with Gasteiger partial charge in [0.2, 0.25) is 5.91 Å². The molecule has 4 heteroatoms. The van der Waals surface area contributed by atoms with Crippen LogP contribution in [0.25, 0.3) is 0 Å². The molecule has 21 heavy (non-hydrogen) atoms. The lowest BCUT2D eigenvalue weighted by molar-refractivity contribution is -0.123. The Morgan fingerprint density at radius 1 is 1.33 bits per heavy atom. The number of phenols is 1. The van der Waals surface area contributed by atoms with Crippen molar-refractivity contribution in [2.75, 3.05) is 0 Å². The Hall–Kier alpha value is -1.55. The van der Waals surface area contributed by atoms with Crippen LogP contribution in [0.3, 0.4) is 0 Å². The van der Waals surface area contributed by atoms with Crippen molar-refractivity contribution in [3.05, 3.63) is 29.8 Å². The summed E-state index contributed by atoms with van der Waals surface area (Å²) >= 11 is 0. The molecular formula is C17H26N2O2. The van der Waals surface area contributed by atoms with Gasteiger partial charge in [0.15, 0.2) is 0 Å². The number of hydrogen-bond donors (Lipinski definition) is 3. The highest BCUT2D eigenvalue weighted by Crippen LogP contribution is 2.26. The summed E-state index contributed by atoms with van der Waals surface area (Å²) < 4.78 is 0. The fourth-order valence-electron chi connectivity index (χ4n) is 3.15. The fourth-order valence-corrected chi connectivity index (χ4v) is 3.15. The number of carbonyl (C=O) groups excluding carboxylic acids is 1. The summed E-state index contributed by atoms with van der Waals surface area (Å²) in [6.07, 6.45) is 6.33. The number of amides is 1. The van der Waals surface area contributed by atoms with E-state index in [0.29, 0.717) is 12.3 Å². The van der Waals surface area contributed by atoms with E-state index < -0.39 is 6.04 Å². The molecule has 116 valence electrons. The molecule has 3 atom stereocenters. The van der Waals surface area contributed by atoms with Crippen molar-refractivity contribution < 1.29 is 9.90 Å². The normalized spacial score (nSPS) is 23.5. The van der Waals surface area contributed by atoms with Gasteiger partial charge in [-0.2, -0.15) is 0 Å². The van der Waals surface area contributed by atoms with E-state index >= 15 is 0 Å². The summed E-state index contributed by atoms with van der Waals surface area (Å²) in [7, 11) is 0. The number of benzene rings is 1. The van der Waals surface area contributed by atoms with Crippen LogP contribution in [0.2, 0.25) is 0 Å². The highest BCUT2D eigenvalue weighted by atomic mass is 16.3. The predicted octanol–water partition coefficient (Wildman–Crippen LogP) is 2.35. The van der Waals surface area contributed by atoms with Crippen molar-refractivity contribution in [3.8, 4) is 5.75 Å². The van der Waals surface area contributed by atoms with Gasteiger partial charge in [-0.15, -0.1) is 0 Å². The molecule has 1 aliphatic rings. The van der Waals surface area contributed by atoms with Gasteiger partial charge in [0.05, 0.1) is 6.04 Å². The Bertz CT molecular complexity index is 458. The summed E-state index contributed by atoms with van der Waals surface area (Å²) in [4.78, 5) is 12.3. The van der Waals surface area contributed by atoms with Gasteiger partial charge in [0.25, 0.3) is 0 Å². The van der Waals surface area contributed by atoms with Gasteiger partial charge in [-0.25, -0.2) is 0 Å². The first kappa shape index (κ1) is 15.8. The molecule has 1 aromatic rings. The minimum atomic E-state index is -0.533. The van der Waals surface area contributed by atoms with Gasteiger partial charge in [-0.05, 0) is 42.9 Å². The van der Waals surface area contributed by atoms with E-state index in [0.717, 1.165) is 18.4 Å². The largest absolute Gasteiger partial charge is 0.508 e. The highest BCUT2D eigenvalue weighted by molar-refractivity contribution is 5.82. The van der Waals surface area contributed by atoms with Crippen LogP contribution in [-0.4, -0.2) is 23.1 Å². The molecule has 1 fully saturated rings. The Kier molecular flexibility index (Phi) is 5.62. The Balaban J connectivity index is 1.88. The molecule has 4 N–H and O–H groups in total. The molecule has 1 aliphatic carbocycles. The van der Waals surface area contributed by atoms with Crippen molar-refractivity contribution in [2.45, 2.75) is 57.5 Å². The van der Waals surface area contributed by atoms with Crippen LogP contribution in [0.4, 0.5) is 0 Å². The smallest absolute Gasteiger partial charge is 0.237 e. The standard InChI is InChI=1S/C17H26N2O2/c1-2-13-5-3-4-6-16(13)19-17(21)15(18)11-12-7-9-14(20)10-8-12/h7-10,13,15-16,20H,2-6,11,18H2,1H3,(H,19,21)/t13?,15-,16?/m1/s1. The molecule has 0 radical (unpaired) electrons. The van der Waals surface area contributed by atoms with E-state index in [-0.39, 0.29) is 17.7 Å². The second-order valence-corrected chi connectivity index (χ2v) is 6.04. The Morgan fingerprint density at radius 2 is 2.00 bits per heavy atom. The molecule has 2 rings (SSSR count). The minimum absolute atomic E-state index is 0.0616. The van der Waals surface area contributed by atoms with Gasteiger partial charge >= 0.3 is 0 Å². The number of carbonyl (C=O) groups is 1. The molecule has 1 aromatic carbocycles. The van der Waals surface area contributed by atoms with Crippen LogP contribution >= 0.6 is 0 Å². The molecule has 1 saturated carbocycles. The third-order valence-corrected chi connectivity index (χ3v) is 4.49. The SMILES string of the molecule is CCC1CCCCC1NC(=O)[C@H](N)Cc1ccc(O)cc1. The zero-order chi connectivity index (χ0) is 15.2. The highest BCUT2D eigenvalue weighted by Gasteiger charge is 2.26. The monoisotopic (exact) mass is 290 g/mol. The van der Waals surface area contributed by atoms with E-state index in [2.05, 4.69) is 12.2 Å². The first-order chi connectivity index (χ1) is 10.1. The molecule has 2 unspecified atom stereocenters. The maximum Gasteiger partial charge on any atom is 0.237 e. The molecule has 4 nitrogen and oxygen atoms in total. The third kappa shape index (κ3) is 4.46. The number of nitrogens with one attached hydrogen (secondary N) is 1. The quantitative estimate of drug-likeness (QED) is 0.779. The first-order valence-electron chi connectivity index (χ1n) is 7.94. The van der Waals surface area contributed by atoms with Crippen LogP contribution < -0.4 is 11.1 Å². The number of hydrogen-bond acceptors (Lipinski definition) is 3. The van der Waals surface area contributed by atoms with Crippen molar-refractivity contribution in [2.24, 2.45) is 11.7 Å². The zero-order valence-electron chi connectivity index (χ0n) is 12.7. The number of phenolic OH excluding ortho intramolecular Hbond substituents is 1. The van der Waals surface area contributed by atoms with Gasteiger partial charge in [-0.3, -0.25) is 4.79 Å². The second kappa shape index (κ2) is 7.46. The maximum absolute atomic E-state index is 12.3. The molecule has 0 aromatic heterocycles. The molecule has 1 amide bonds. The van der Waals surface area contributed by atoms with Crippen molar-refractivity contribution >= 4 is 5.91 Å². The van der Waals surface area contributed by atoms with Gasteiger partial charge < -0.3 is 16.2 Å². The van der Waals surface area contributed by atoms with Crippen LogP contribution in [0.5, 0.6) is 5.75 Å². The van der Waals surface area contributed by atoms with Crippen molar-refractivity contribution in [1.82, 2.24) is 5.32 Å². The van der Waals surface area contributed by atoms with Crippen LogP contribution in [0.1, 0.15) is 44.6 Å². The van der Waals surface area contributed by atoms with Crippen molar-refractivity contribution in [1.29, 1.82) is 0 Å². The average molecular weight is 290 g/mol. The minimum Gasteiger partial charge on any atom is -0.508 e. The van der Waals surface area contributed by atoms with Crippen LogP contribution in [-0.2, 0) is 11.2 Å². The second-order valence-electron chi connectivity index (χ2n) is 6.04. The van der Waals surface area contributed by atoms with Gasteiger partial charge in [0.1, 0.15) is 5.75 Å². The number of rotatable bonds is 5. The van der Waals surface area contributed by atoms with E-state index in [4.69, 9.17) is 5.73 Å². The van der Waals surface area contributed by atoms with E-state index in [1.807, 2.05) is 0 Å².